The van der Waals surface area contributed by atoms with Gasteiger partial charge in [0.15, 0.2) is 0 Å². The van der Waals surface area contributed by atoms with E-state index >= 15 is 0 Å². The van der Waals surface area contributed by atoms with Crippen molar-refractivity contribution in [3.8, 4) is 5.75 Å². The lowest BCUT2D eigenvalue weighted by molar-refractivity contribution is -0.132. The van der Waals surface area contributed by atoms with Gasteiger partial charge in [0.1, 0.15) is 11.4 Å². The highest BCUT2D eigenvalue weighted by atomic mass is 35.5. The van der Waals surface area contributed by atoms with Crippen LogP contribution in [-0.4, -0.2) is 41.6 Å². The fraction of sp³-hybridized carbons (Fsp3) is 0.370. The Labute approximate surface area is 227 Å². The molecule has 2 aromatic heterocycles. The number of aliphatic hydroxyl groups is 1. The van der Waals surface area contributed by atoms with E-state index < -0.39 is 29.5 Å². The molecule has 1 saturated carbocycles. The number of fused-ring (bicyclic) bond motifs is 1. The molecule has 1 aromatic carbocycles. The van der Waals surface area contributed by atoms with Gasteiger partial charge in [0.25, 0.3) is 18.2 Å². The van der Waals surface area contributed by atoms with Crippen LogP contribution in [0.4, 0.5) is 14.5 Å². The maximum atomic E-state index is 13.6. The molecule has 5 rings (SSSR count). The Bertz CT molecular complexity index is 1360. The summed E-state index contributed by atoms with van der Waals surface area (Å²) in [5.41, 5.74) is -1.38. The molecule has 0 spiro atoms. The molecule has 38 heavy (non-hydrogen) atoms. The minimum atomic E-state index is -2.89. The number of rotatable bonds is 7. The van der Waals surface area contributed by atoms with E-state index in [-0.39, 0.29) is 22.5 Å². The second-order valence-corrected chi connectivity index (χ2v) is 10.9. The smallest absolute Gasteiger partial charge is 0.281 e. The van der Waals surface area contributed by atoms with Crippen molar-refractivity contribution in [1.29, 1.82) is 0 Å². The highest BCUT2D eigenvalue weighted by molar-refractivity contribution is 7.10. The van der Waals surface area contributed by atoms with Crippen LogP contribution in [-0.2, 0) is 10.4 Å². The summed E-state index contributed by atoms with van der Waals surface area (Å²) in [6, 6.07) is 9.94. The number of methoxy groups -OCH3 is 1. The molecule has 0 radical (unpaired) electrons. The van der Waals surface area contributed by atoms with Gasteiger partial charge in [-0.1, -0.05) is 29.8 Å². The summed E-state index contributed by atoms with van der Waals surface area (Å²) >= 11 is 7.15. The summed E-state index contributed by atoms with van der Waals surface area (Å²) in [7, 11) is 1.54. The van der Waals surface area contributed by atoms with E-state index in [2.05, 4.69) is 10.3 Å². The van der Waals surface area contributed by atoms with Gasteiger partial charge in [0, 0.05) is 29.7 Å². The Morgan fingerprint density at radius 3 is 2.71 bits per heavy atom. The first-order chi connectivity index (χ1) is 18.2. The largest absolute Gasteiger partial charge is 0.496 e. The zero-order valence-corrected chi connectivity index (χ0v) is 22.1. The summed E-state index contributed by atoms with van der Waals surface area (Å²) in [5.74, 6) is -0.299. The zero-order chi connectivity index (χ0) is 27.0. The Morgan fingerprint density at radius 2 is 2.03 bits per heavy atom. The monoisotopic (exact) mass is 561 g/mol. The molecule has 7 nitrogen and oxygen atoms in total. The SMILES string of the molecule is COc1csc(C2(O)C(=O)N(C[C@H]3CC[C@H](NC(=O)c4cc(Cl)cnc4C(F)F)CC3)c3ccccc32)c1. The number of carbonyl (C=O) groups excluding carboxylic acids is 2. The number of nitrogens with zero attached hydrogens (tertiary/aromatic N) is 2. The van der Waals surface area contributed by atoms with Crippen molar-refractivity contribution in [3.63, 3.8) is 0 Å². The second kappa shape index (κ2) is 10.6. The van der Waals surface area contributed by atoms with Crippen molar-refractivity contribution >= 4 is 40.4 Å². The Morgan fingerprint density at radius 1 is 1.29 bits per heavy atom. The van der Waals surface area contributed by atoms with E-state index in [4.69, 9.17) is 16.3 Å². The first-order valence-corrected chi connectivity index (χ1v) is 13.5. The predicted molar refractivity (Wildman–Crippen MR) is 140 cm³/mol. The lowest BCUT2D eigenvalue weighted by Gasteiger charge is -2.32. The van der Waals surface area contributed by atoms with Gasteiger partial charge in [0.05, 0.1) is 28.3 Å². The molecule has 2 N–H and O–H groups in total. The molecule has 1 atom stereocenters. The van der Waals surface area contributed by atoms with Crippen LogP contribution >= 0.6 is 22.9 Å². The fourth-order valence-corrected chi connectivity index (χ4v) is 6.40. The van der Waals surface area contributed by atoms with Crippen molar-refractivity contribution in [3.05, 3.63) is 74.7 Å². The zero-order valence-electron chi connectivity index (χ0n) is 20.5. The molecule has 1 unspecified atom stereocenters. The lowest BCUT2D eigenvalue weighted by atomic mass is 9.85. The third-order valence-electron chi connectivity index (χ3n) is 7.27. The number of nitrogens with one attached hydrogen (secondary N) is 1. The number of hydrogen-bond donors (Lipinski definition) is 2. The van der Waals surface area contributed by atoms with Gasteiger partial charge in [-0.05, 0) is 49.8 Å². The summed E-state index contributed by atoms with van der Waals surface area (Å²) in [4.78, 5) is 32.1. The van der Waals surface area contributed by atoms with Gasteiger partial charge in [-0.2, -0.15) is 0 Å². The highest BCUT2D eigenvalue weighted by Crippen LogP contribution is 2.47. The minimum absolute atomic E-state index is 0.111. The van der Waals surface area contributed by atoms with Crippen LogP contribution in [0.2, 0.25) is 5.02 Å². The van der Waals surface area contributed by atoms with Crippen molar-refractivity contribution in [2.75, 3.05) is 18.6 Å². The average molecular weight is 562 g/mol. The Hall–Kier alpha value is -3.08. The predicted octanol–water partition coefficient (Wildman–Crippen LogP) is 5.31. The number of alkyl halides is 2. The Kier molecular flexibility index (Phi) is 7.39. The van der Waals surface area contributed by atoms with Crippen molar-refractivity contribution in [2.45, 2.75) is 43.8 Å². The van der Waals surface area contributed by atoms with Gasteiger partial charge in [0.2, 0.25) is 5.60 Å². The highest BCUT2D eigenvalue weighted by Gasteiger charge is 2.52. The van der Waals surface area contributed by atoms with Gasteiger partial charge in [-0.15, -0.1) is 11.3 Å². The standard InChI is InChI=1S/C27H26ClF2N3O4S/c1-37-18-11-22(38-14-18)27(36)20-4-2-3-5-21(20)33(26(27)35)13-15-6-8-17(9-7-15)32-25(34)19-10-16(28)12-31-23(19)24(29)30/h2-5,10-12,14-15,17,24,36H,6-9,13H2,1H3,(H,32,34)/t15-,17-,27?. The van der Waals surface area contributed by atoms with Crippen molar-refractivity contribution < 1.29 is 28.2 Å². The van der Waals surface area contributed by atoms with E-state index in [0.29, 0.717) is 41.3 Å². The number of anilines is 1. The molecule has 1 aliphatic carbocycles. The van der Waals surface area contributed by atoms with Crippen LogP contribution in [0.5, 0.6) is 5.75 Å². The summed E-state index contributed by atoms with van der Waals surface area (Å²) in [5, 5.41) is 16.4. The number of pyridine rings is 1. The third-order valence-corrected chi connectivity index (χ3v) is 8.49. The lowest BCUT2D eigenvalue weighted by Crippen LogP contribution is -2.44. The molecule has 11 heteroatoms. The number of thiophene rings is 1. The number of ether oxygens (including phenoxy) is 1. The van der Waals surface area contributed by atoms with E-state index in [1.807, 2.05) is 12.1 Å². The minimum Gasteiger partial charge on any atom is -0.496 e. The van der Waals surface area contributed by atoms with Gasteiger partial charge >= 0.3 is 0 Å². The normalized spacial score (nSPS) is 23.0. The average Bonchev–Trinajstić information content (AvgIpc) is 3.48. The number of para-hydroxylation sites is 1. The number of benzene rings is 1. The van der Waals surface area contributed by atoms with Crippen molar-refractivity contribution in [2.24, 2.45) is 5.92 Å². The Balaban J connectivity index is 1.26. The number of halogens is 3. The van der Waals surface area contributed by atoms with Crippen LogP contribution in [0.3, 0.4) is 0 Å². The molecule has 3 aromatic rings. The second-order valence-electron chi connectivity index (χ2n) is 9.57. The maximum absolute atomic E-state index is 13.6. The molecule has 200 valence electrons. The summed E-state index contributed by atoms with van der Waals surface area (Å²) in [6.07, 6.45) is 0.904. The molecule has 0 saturated heterocycles. The van der Waals surface area contributed by atoms with Gasteiger partial charge in [-0.25, -0.2) is 8.78 Å². The maximum Gasteiger partial charge on any atom is 0.281 e. The number of amides is 2. The van der Waals surface area contributed by atoms with Crippen LogP contribution in [0, 0.1) is 5.92 Å². The third kappa shape index (κ3) is 4.76. The summed E-state index contributed by atoms with van der Waals surface area (Å²) in [6.45, 7) is 0.426. The summed E-state index contributed by atoms with van der Waals surface area (Å²) < 4.78 is 31.9. The number of aromatic nitrogens is 1. The first-order valence-electron chi connectivity index (χ1n) is 12.2. The van der Waals surface area contributed by atoms with E-state index in [1.54, 1.807) is 28.5 Å². The molecule has 2 aliphatic rings. The van der Waals surface area contributed by atoms with Crippen molar-refractivity contribution in [1.82, 2.24) is 10.3 Å². The molecular weight excluding hydrogens is 536 g/mol. The topological polar surface area (TPSA) is 91.8 Å². The van der Waals surface area contributed by atoms with E-state index in [1.165, 1.54) is 24.5 Å². The number of hydrogen-bond acceptors (Lipinski definition) is 6. The van der Waals surface area contributed by atoms with Crippen LogP contribution < -0.4 is 15.0 Å². The van der Waals surface area contributed by atoms with E-state index in [9.17, 15) is 23.5 Å². The molecule has 3 heterocycles. The van der Waals surface area contributed by atoms with Crippen LogP contribution in [0.25, 0.3) is 0 Å². The molecule has 0 bridgehead atoms. The quantitative estimate of drug-likeness (QED) is 0.408. The molecule has 2 amide bonds. The van der Waals surface area contributed by atoms with Crippen LogP contribution in [0.15, 0.2) is 48.0 Å². The van der Waals surface area contributed by atoms with Gasteiger partial charge < -0.3 is 20.1 Å². The van der Waals surface area contributed by atoms with Crippen LogP contribution in [0.1, 0.15) is 58.6 Å². The first kappa shape index (κ1) is 26.5. The van der Waals surface area contributed by atoms with Gasteiger partial charge in [-0.3, -0.25) is 14.6 Å². The van der Waals surface area contributed by atoms with E-state index in [0.717, 1.165) is 19.0 Å². The molecular formula is C27H26ClF2N3O4S. The molecule has 1 aliphatic heterocycles. The molecule has 1 fully saturated rings. The fourth-order valence-electron chi connectivity index (χ4n) is 5.29. The number of carbonyl (C=O) groups is 2.